The number of hydrogen-bond donors (Lipinski definition) is 1. The number of hydrogen-bond acceptors (Lipinski definition) is 2. The summed E-state index contributed by atoms with van der Waals surface area (Å²) in [6.45, 7) is 4.97. The van der Waals surface area contributed by atoms with Gasteiger partial charge in [-0.15, -0.1) is 0 Å². The second kappa shape index (κ2) is 7.62. The smallest absolute Gasteiger partial charge is 0.124 e. The molecule has 0 aliphatic rings. The molecule has 0 amide bonds. The zero-order valence-electron chi connectivity index (χ0n) is 12.8. The third-order valence-corrected chi connectivity index (χ3v) is 3.84. The summed E-state index contributed by atoms with van der Waals surface area (Å²) in [5.41, 5.74) is 3.65. The summed E-state index contributed by atoms with van der Waals surface area (Å²) in [6, 6.07) is 14.9. The number of rotatable bonds is 6. The predicted octanol–water partition coefficient (Wildman–Crippen LogP) is 4.86. The van der Waals surface area contributed by atoms with E-state index in [0.29, 0.717) is 0 Å². The molecule has 0 heterocycles. The van der Waals surface area contributed by atoms with Crippen molar-refractivity contribution in [2.45, 2.75) is 26.3 Å². The van der Waals surface area contributed by atoms with Crippen LogP contribution in [0, 0.1) is 6.92 Å². The van der Waals surface area contributed by atoms with Gasteiger partial charge in [0.1, 0.15) is 5.75 Å². The van der Waals surface area contributed by atoms with Crippen molar-refractivity contribution >= 4 is 15.9 Å². The summed E-state index contributed by atoms with van der Waals surface area (Å²) in [4.78, 5) is 0. The molecule has 1 unspecified atom stereocenters. The second-order valence-electron chi connectivity index (χ2n) is 5.17. The SMILES string of the molecule is CCCOc1ccccc1C(NC)c1cc(C)cc(Br)c1. The Morgan fingerprint density at radius 1 is 1.19 bits per heavy atom. The highest BCUT2D eigenvalue weighted by Crippen LogP contribution is 2.31. The van der Waals surface area contributed by atoms with Gasteiger partial charge < -0.3 is 10.1 Å². The number of halogens is 1. The molecule has 21 heavy (non-hydrogen) atoms. The van der Waals surface area contributed by atoms with Gasteiger partial charge in [0, 0.05) is 10.0 Å². The third-order valence-electron chi connectivity index (χ3n) is 3.38. The topological polar surface area (TPSA) is 21.3 Å². The van der Waals surface area contributed by atoms with E-state index in [4.69, 9.17) is 4.74 Å². The fourth-order valence-corrected chi connectivity index (χ4v) is 3.12. The molecule has 0 aliphatic carbocycles. The molecule has 0 saturated heterocycles. The molecule has 0 saturated carbocycles. The summed E-state index contributed by atoms with van der Waals surface area (Å²) in [5.74, 6) is 0.955. The van der Waals surface area contributed by atoms with Crippen molar-refractivity contribution in [2.75, 3.05) is 13.7 Å². The maximum atomic E-state index is 5.90. The van der Waals surface area contributed by atoms with Crippen LogP contribution in [0.3, 0.4) is 0 Å². The van der Waals surface area contributed by atoms with E-state index in [0.717, 1.165) is 23.2 Å². The van der Waals surface area contributed by atoms with Crippen molar-refractivity contribution in [1.82, 2.24) is 5.32 Å². The molecule has 3 heteroatoms. The number of benzene rings is 2. The molecular formula is C18H22BrNO. The van der Waals surface area contributed by atoms with Gasteiger partial charge in [0.25, 0.3) is 0 Å². The number of nitrogens with one attached hydrogen (secondary N) is 1. The molecule has 0 aliphatic heterocycles. The first-order valence-electron chi connectivity index (χ1n) is 7.31. The molecule has 0 bridgehead atoms. The van der Waals surface area contributed by atoms with E-state index in [1.807, 2.05) is 19.2 Å². The Hall–Kier alpha value is -1.32. The van der Waals surface area contributed by atoms with Crippen molar-refractivity contribution in [3.63, 3.8) is 0 Å². The Labute approximate surface area is 135 Å². The monoisotopic (exact) mass is 347 g/mol. The van der Waals surface area contributed by atoms with Crippen LogP contribution in [0.1, 0.15) is 36.1 Å². The molecule has 0 aromatic heterocycles. The van der Waals surface area contributed by atoms with Gasteiger partial charge in [-0.25, -0.2) is 0 Å². The van der Waals surface area contributed by atoms with Gasteiger partial charge in [-0.2, -0.15) is 0 Å². The van der Waals surface area contributed by atoms with Crippen LogP contribution in [0.25, 0.3) is 0 Å². The molecule has 0 radical (unpaired) electrons. The lowest BCUT2D eigenvalue weighted by atomic mass is 9.97. The van der Waals surface area contributed by atoms with Crippen LogP contribution in [0.4, 0.5) is 0 Å². The molecule has 1 N–H and O–H groups in total. The van der Waals surface area contributed by atoms with Gasteiger partial charge in [0.05, 0.1) is 12.6 Å². The zero-order valence-corrected chi connectivity index (χ0v) is 14.4. The Morgan fingerprint density at radius 2 is 1.95 bits per heavy atom. The Morgan fingerprint density at radius 3 is 2.62 bits per heavy atom. The summed E-state index contributed by atoms with van der Waals surface area (Å²) >= 11 is 3.58. The van der Waals surface area contributed by atoms with Gasteiger partial charge in [-0.1, -0.05) is 47.1 Å². The predicted molar refractivity (Wildman–Crippen MR) is 92.0 cm³/mol. The lowest BCUT2D eigenvalue weighted by Crippen LogP contribution is -2.19. The largest absolute Gasteiger partial charge is 0.493 e. The molecule has 1 atom stereocenters. The van der Waals surface area contributed by atoms with Crippen LogP contribution in [-0.2, 0) is 0 Å². The molecule has 2 rings (SSSR count). The highest BCUT2D eigenvalue weighted by molar-refractivity contribution is 9.10. The molecular weight excluding hydrogens is 326 g/mol. The first-order valence-corrected chi connectivity index (χ1v) is 8.11. The van der Waals surface area contributed by atoms with Gasteiger partial charge in [-0.3, -0.25) is 0 Å². The average molecular weight is 348 g/mol. The summed E-state index contributed by atoms with van der Waals surface area (Å²) in [7, 11) is 1.98. The summed E-state index contributed by atoms with van der Waals surface area (Å²) < 4.78 is 7.00. The number of ether oxygens (including phenoxy) is 1. The highest BCUT2D eigenvalue weighted by Gasteiger charge is 2.17. The van der Waals surface area contributed by atoms with Crippen LogP contribution < -0.4 is 10.1 Å². The highest BCUT2D eigenvalue weighted by atomic mass is 79.9. The van der Waals surface area contributed by atoms with Crippen LogP contribution in [0.15, 0.2) is 46.9 Å². The van der Waals surface area contributed by atoms with E-state index < -0.39 is 0 Å². The van der Waals surface area contributed by atoms with E-state index in [9.17, 15) is 0 Å². The Kier molecular flexibility index (Phi) is 5.83. The number of para-hydroxylation sites is 1. The molecule has 2 nitrogen and oxygen atoms in total. The fourth-order valence-electron chi connectivity index (χ4n) is 2.50. The molecule has 0 fully saturated rings. The summed E-state index contributed by atoms with van der Waals surface area (Å²) in [6.07, 6.45) is 1.01. The van der Waals surface area contributed by atoms with Crippen LogP contribution in [0.5, 0.6) is 5.75 Å². The minimum atomic E-state index is 0.120. The van der Waals surface area contributed by atoms with E-state index in [1.54, 1.807) is 0 Å². The molecule has 0 spiro atoms. The minimum Gasteiger partial charge on any atom is -0.493 e. The number of aryl methyl sites for hydroxylation is 1. The van der Waals surface area contributed by atoms with Gasteiger partial charge in [0.2, 0.25) is 0 Å². The molecule has 2 aromatic carbocycles. The minimum absolute atomic E-state index is 0.120. The first-order chi connectivity index (χ1) is 10.2. The van der Waals surface area contributed by atoms with E-state index >= 15 is 0 Å². The quantitative estimate of drug-likeness (QED) is 0.805. The Balaban J connectivity index is 2.41. The maximum absolute atomic E-state index is 5.90. The van der Waals surface area contributed by atoms with Gasteiger partial charge >= 0.3 is 0 Å². The standard InChI is InChI=1S/C18H22BrNO/c1-4-9-21-17-8-6-5-7-16(17)18(20-3)14-10-13(2)11-15(19)12-14/h5-8,10-12,18,20H,4,9H2,1-3H3. The second-order valence-corrected chi connectivity index (χ2v) is 6.09. The molecule has 2 aromatic rings. The van der Waals surface area contributed by atoms with E-state index in [1.165, 1.54) is 16.7 Å². The van der Waals surface area contributed by atoms with Crippen molar-refractivity contribution in [3.05, 3.63) is 63.6 Å². The first kappa shape index (κ1) is 16.1. The fraction of sp³-hybridized carbons (Fsp3) is 0.333. The Bertz CT molecular complexity index is 577. The van der Waals surface area contributed by atoms with E-state index in [-0.39, 0.29) is 6.04 Å². The van der Waals surface area contributed by atoms with Crippen LogP contribution in [0.2, 0.25) is 0 Å². The maximum Gasteiger partial charge on any atom is 0.124 e. The normalized spacial score (nSPS) is 12.2. The van der Waals surface area contributed by atoms with Crippen molar-refractivity contribution in [3.8, 4) is 5.75 Å². The molecule has 112 valence electrons. The zero-order chi connectivity index (χ0) is 15.2. The van der Waals surface area contributed by atoms with E-state index in [2.05, 4.69) is 65.4 Å². The lowest BCUT2D eigenvalue weighted by molar-refractivity contribution is 0.312. The summed E-state index contributed by atoms with van der Waals surface area (Å²) in [5, 5.41) is 3.41. The van der Waals surface area contributed by atoms with Gasteiger partial charge in [-0.05, 0) is 49.7 Å². The van der Waals surface area contributed by atoms with Crippen molar-refractivity contribution in [2.24, 2.45) is 0 Å². The van der Waals surface area contributed by atoms with Crippen molar-refractivity contribution < 1.29 is 4.74 Å². The average Bonchev–Trinajstić information content (AvgIpc) is 2.46. The third kappa shape index (κ3) is 4.08. The van der Waals surface area contributed by atoms with Crippen LogP contribution >= 0.6 is 15.9 Å². The van der Waals surface area contributed by atoms with Crippen molar-refractivity contribution in [1.29, 1.82) is 0 Å². The van der Waals surface area contributed by atoms with Gasteiger partial charge in [0.15, 0.2) is 0 Å². The van der Waals surface area contributed by atoms with Crippen LogP contribution in [-0.4, -0.2) is 13.7 Å². The lowest BCUT2D eigenvalue weighted by Gasteiger charge is -2.21.